The zero-order chi connectivity index (χ0) is 18.3. The van der Waals surface area contributed by atoms with Crippen molar-refractivity contribution in [1.29, 1.82) is 0 Å². The van der Waals surface area contributed by atoms with E-state index in [-0.39, 0.29) is 30.3 Å². The molecule has 27 heavy (non-hydrogen) atoms. The normalized spacial score (nSPS) is 27.3. The van der Waals surface area contributed by atoms with E-state index in [0.29, 0.717) is 34.2 Å². The van der Waals surface area contributed by atoms with Crippen LogP contribution in [0.2, 0.25) is 10.0 Å². The standard InChI is InChI=1S/C19H23Cl2N3O2.ClH/c20-13-8-12(9-14(21)10-13)18(25)24-6-1-2-17(24)19(26)23-7-5-15-3-4-16(11-23)22-15;/h8-10,15-17,22H,1-7,11H2;1H. The van der Waals surface area contributed by atoms with Crippen molar-refractivity contribution in [1.82, 2.24) is 15.1 Å². The minimum Gasteiger partial charge on any atom is -0.339 e. The molecule has 8 heteroatoms. The molecule has 5 nitrogen and oxygen atoms in total. The molecule has 3 atom stereocenters. The quantitative estimate of drug-likeness (QED) is 0.779. The summed E-state index contributed by atoms with van der Waals surface area (Å²) in [5.74, 6) is -0.0851. The molecule has 0 saturated carbocycles. The topological polar surface area (TPSA) is 52.7 Å². The van der Waals surface area contributed by atoms with E-state index in [9.17, 15) is 9.59 Å². The third-order valence-corrected chi connectivity index (χ3v) is 6.18. The Balaban J connectivity index is 0.00000210. The number of fused-ring (bicyclic) bond motifs is 2. The molecule has 2 amide bonds. The monoisotopic (exact) mass is 431 g/mol. The molecule has 0 spiro atoms. The van der Waals surface area contributed by atoms with Gasteiger partial charge in [-0.2, -0.15) is 0 Å². The average Bonchev–Trinajstić information content (AvgIpc) is 3.19. The molecular formula is C19H24Cl3N3O2. The van der Waals surface area contributed by atoms with Gasteiger partial charge in [0.25, 0.3) is 5.91 Å². The van der Waals surface area contributed by atoms with Gasteiger partial charge in [0.2, 0.25) is 5.91 Å². The van der Waals surface area contributed by atoms with Crippen LogP contribution in [0.5, 0.6) is 0 Å². The fourth-order valence-corrected chi connectivity index (χ4v) is 4.99. The highest BCUT2D eigenvalue weighted by Crippen LogP contribution is 2.27. The molecule has 1 N–H and O–H groups in total. The van der Waals surface area contributed by atoms with Crippen molar-refractivity contribution < 1.29 is 9.59 Å². The lowest BCUT2D eigenvalue weighted by Crippen LogP contribution is -2.50. The van der Waals surface area contributed by atoms with Crippen molar-refractivity contribution in [2.75, 3.05) is 19.6 Å². The lowest BCUT2D eigenvalue weighted by Gasteiger charge is -2.31. The van der Waals surface area contributed by atoms with E-state index in [4.69, 9.17) is 23.2 Å². The van der Waals surface area contributed by atoms with Gasteiger partial charge in [0.15, 0.2) is 0 Å². The molecule has 3 aliphatic heterocycles. The second-order valence-electron chi connectivity index (χ2n) is 7.53. The maximum absolute atomic E-state index is 13.2. The summed E-state index contributed by atoms with van der Waals surface area (Å²) in [4.78, 5) is 29.8. The number of likely N-dealkylation sites (tertiary alicyclic amines) is 2. The van der Waals surface area contributed by atoms with Crippen molar-refractivity contribution in [3.05, 3.63) is 33.8 Å². The highest BCUT2D eigenvalue weighted by atomic mass is 35.5. The Morgan fingerprint density at radius 2 is 1.67 bits per heavy atom. The third-order valence-electron chi connectivity index (χ3n) is 5.74. The Morgan fingerprint density at radius 1 is 0.963 bits per heavy atom. The van der Waals surface area contributed by atoms with E-state index in [2.05, 4.69) is 5.32 Å². The highest BCUT2D eigenvalue weighted by Gasteiger charge is 2.39. The fraction of sp³-hybridized carbons (Fsp3) is 0.579. The number of hydrogen-bond donors (Lipinski definition) is 1. The van der Waals surface area contributed by atoms with Gasteiger partial charge in [0.1, 0.15) is 6.04 Å². The summed E-state index contributed by atoms with van der Waals surface area (Å²) < 4.78 is 0. The van der Waals surface area contributed by atoms with Crippen molar-refractivity contribution >= 4 is 47.4 Å². The maximum atomic E-state index is 13.2. The number of hydrogen-bond acceptors (Lipinski definition) is 3. The van der Waals surface area contributed by atoms with Crippen LogP contribution in [-0.2, 0) is 4.79 Å². The number of rotatable bonds is 2. The predicted octanol–water partition coefficient (Wildman–Crippen LogP) is 3.37. The van der Waals surface area contributed by atoms with Crippen LogP contribution in [0.15, 0.2) is 18.2 Å². The maximum Gasteiger partial charge on any atom is 0.254 e. The minimum atomic E-state index is -0.378. The summed E-state index contributed by atoms with van der Waals surface area (Å²) in [5.41, 5.74) is 0.443. The number of amides is 2. The first kappa shape index (κ1) is 20.7. The molecule has 3 fully saturated rings. The Kier molecular flexibility index (Phi) is 6.57. The first-order chi connectivity index (χ1) is 12.5. The van der Waals surface area contributed by atoms with Crippen molar-refractivity contribution in [3.8, 4) is 0 Å². The van der Waals surface area contributed by atoms with Crippen molar-refractivity contribution in [3.63, 3.8) is 0 Å². The second kappa shape index (κ2) is 8.56. The van der Waals surface area contributed by atoms with Crippen LogP contribution in [0.25, 0.3) is 0 Å². The average molecular weight is 433 g/mol. The van der Waals surface area contributed by atoms with Gasteiger partial charge in [-0.3, -0.25) is 9.59 Å². The number of carbonyl (C=O) groups excluding carboxylic acids is 2. The minimum absolute atomic E-state index is 0. The van der Waals surface area contributed by atoms with E-state index < -0.39 is 0 Å². The van der Waals surface area contributed by atoms with Gasteiger partial charge in [-0.15, -0.1) is 12.4 Å². The van der Waals surface area contributed by atoms with Crippen molar-refractivity contribution in [2.24, 2.45) is 0 Å². The Morgan fingerprint density at radius 3 is 2.41 bits per heavy atom. The van der Waals surface area contributed by atoms with Gasteiger partial charge in [-0.05, 0) is 50.3 Å². The molecule has 2 bridgehead atoms. The van der Waals surface area contributed by atoms with Crippen LogP contribution < -0.4 is 5.32 Å². The zero-order valence-corrected chi connectivity index (χ0v) is 17.3. The number of carbonyl (C=O) groups is 2. The molecular weight excluding hydrogens is 409 g/mol. The van der Waals surface area contributed by atoms with Crippen molar-refractivity contribution in [2.45, 2.75) is 50.2 Å². The van der Waals surface area contributed by atoms with E-state index in [1.807, 2.05) is 4.90 Å². The smallest absolute Gasteiger partial charge is 0.254 e. The molecule has 4 rings (SSSR count). The second-order valence-corrected chi connectivity index (χ2v) is 8.40. The summed E-state index contributed by atoms with van der Waals surface area (Å²) in [6, 6.07) is 5.38. The van der Waals surface area contributed by atoms with Crippen LogP contribution in [0.3, 0.4) is 0 Å². The molecule has 3 aliphatic rings. The predicted molar refractivity (Wildman–Crippen MR) is 109 cm³/mol. The van der Waals surface area contributed by atoms with E-state index in [1.54, 1.807) is 23.1 Å². The van der Waals surface area contributed by atoms with E-state index in [0.717, 1.165) is 38.8 Å². The highest BCUT2D eigenvalue weighted by molar-refractivity contribution is 6.35. The van der Waals surface area contributed by atoms with E-state index >= 15 is 0 Å². The Labute approximate surface area is 175 Å². The summed E-state index contributed by atoms with van der Waals surface area (Å²) >= 11 is 12.1. The summed E-state index contributed by atoms with van der Waals surface area (Å²) in [5, 5.41) is 4.45. The molecule has 3 unspecified atom stereocenters. The molecule has 0 aliphatic carbocycles. The summed E-state index contributed by atoms with van der Waals surface area (Å²) in [6.07, 6.45) is 4.89. The number of nitrogens with one attached hydrogen (secondary N) is 1. The zero-order valence-electron chi connectivity index (χ0n) is 15.0. The molecule has 0 radical (unpaired) electrons. The number of benzene rings is 1. The molecule has 148 valence electrons. The number of halogens is 3. The van der Waals surface area contributed by atoms with Crippen LogP contribution in [0.4, 0.5) is 0 Å². The first-order valence-electron chi connectivity index (χ1n) is 9.33. The number of nitrogens with zero attached hydrogens (tertiary/aromatic N) is 2. The lowest BCUT2D eigenvalue weighted by molar-refractivity contribution is -0.135. The molecule has 3 heterocycles. The molecule has 1 aromatic carbocycles. The Hall–Kier alpha value is -1.01. The third kappa shape index (κ3) is 4.37. The van der Waals surface area contributed by atoms with Crippen LogP contribution >= 0.6 is 35.6 Å². The van der Waals surface area contributed by atoms with Crippen LogP contribution in [0.1, 0.15) is 42.5 Å². The van der Waals surface area contributed by atoms with Crippen LogP contribution in [-0.4, -0.2) is 59.4 Å². The molecule has 0 aromatic heterocycles. The van der Waals surface area contributed by atoms with Gasteiger partial charge >= 0.3 is 0 Å². The van der Waals surface area contributed by atoms with E-state index in [1.165, 1.54) is 6.42 Å². The van der Waals surface area contributed by atoms with Gasteiger partial charge in [0.05, 0.1) is 0 Å². The largest absolute Gasteiger partial charge is 0.339 e. The first-order valence-corrected chi connectivity index (χ1v) is 10.1. The molecule has 1 aromatic rings. The fourth-order valence-electron chi connectivity index (χ4n) is 4.46. The van der Waals surface area contributed by atoms with Gasteiger partial charge in [0, 0.05) is 47.3 Å². The van der Waals surface area contributed by atoms with Gasteiger partial charge in [-0.1, -0.05) is 23.2 Å². The Bertz CT molecular complexity index is 710. The summed E-state index contributed by atoms with van der Waals surface area (Å²) in [7, 11) is 0. The van der Waals surface area contributed by atoms with Crippen LogP contribution in [0, 0.1) is 0 Å². The lowest BCUT2D eigenvalue weighted by atomic mass is 10.1. The molecule has 3 saturated heterocycles. The summed E-state index contributed by atoms with van der Waals surface area (Å²) in [6.45, 7) is 2.11. The SMILES string of the molecule is Cl.O=C(C1CCCN1C(=O)c1cc(Cl)cc(Cl)c1)N1CCC2CCC(C1)N2. The van der Waals surface area contributed by atoms with Gasteiger partial charge < -0.3 is 15.1 Å². The van der Waals surface area contributed by atoms with Gasteiger partial charge in [-0.25, -0.2) is 0 Å².